The van der Waals surface area contributed by atoms with Crippen molar-refractivity contribution in [1.29, 1.82) is 0 Å². The highest BCUT2D eigenvalue weighted by molar-refractivity contribution is 5.78. The molecule has 0 spiro atoms. The van der Waals surface area contributed by atoms with Crippen LogP contribution in [0.5, 0.6) is 0 Å². The van der Waals surface area contributed by atoms with Crippen LogP contribution in [0.15, 0.2) is 18.5 Å². The number of alkyl halides is 3. The van der Waals surface area contributed by atoms with E-state index in [0.29, 0.717) is 0 Å². The monoisotopic (exact) mass is 275 g/mol. The van der Waals surface area contributed by atoms with Crippen LogP contribution in [0.4, 0.5) is 13.2 Å². The molecule has 2 N–H and O–H groups in total. The number of hydrogen-bond donors (Lipinski definition) is 2. The third kappa shape index (κ3) is 3.99. The maximum atomic E-state index is 12.9. The fraction of sp³-hybridized carbons (Fsp3) is 0.583. The van der Waals surface area contributed by atoms with Gasteiger partial charge in [0.15, 0.2) is 6.04 Å². The van der Waals surface area contributed by atoms with Gasteiger partial charge < -0.3 is 15.2 Å². The largest absolute Gasteiger partial charge is 0.412 e. The van der Waals surface area contributed by atoms with Gasteiger partial charge in [-0.15, -0.1) is 0 Å². The molecule has 1 fully saturated rings. The Kier molecular flexibility index (Phi) is 3.84. The number of aryl methyl sites for hydroxylation is 1. The zero-order chi connectivity index (χ0) is 14.0. The minimum atomic E-state index is -4.50. The van der Waals surface area contributed by atoms with Gasteiger partial charge in [-0.3, -0.25) is 4.79 Å². The first kappa shape index (κ1) is 13.9. The summed E-state index contributed by atoms with van der Waals surface area (Å²) >= 11 is 0. The normalized spacial score (nSPS) is 17.3. The lowest BCUT2D eigenvalue weighted by Crippen LogP contribution is -2.42. The molecule has 19 heavy (non-hydrogen) atoms. The molecule has 106 valence electrons. The number of amides is 1. The van der Waals surface area contributed by atoms with Crippen LogP contribution >= 0.6 is 0 Å². The van der Waals surface area contributed by atoms with E-state index in [0.717, 1.165) is 12.8 Å². The van der Waals surface area contributed by atoms with Crippen LogP contribution in [0, 0.1) is 0 Å². The summed E-state index contributed by atoms with van der Waals surface area (Å²) in [5.74, 6) is -0.641. The molecule has 0 radical (unpaired) electrons. The van der Waals surface area contributed by atoms with Gasteiger partial charge in [0.05, 0.1) is 6.54 Å². The Hall–Kier alpha value is -1.50. The van der Waals surface area contributed by atoms with E-state index in [9.17, 15) is 18.0 Å². The van der Waals surface area contributed by atoms with Gasteiger partial charge >= 0.3 is 6.18 Å². The fourth-order valence-corrected chi connectivity index (χ4v) is 1.79. The molecule has 4 nitrogen and oxygen atoms in total. The molecule has 1 aromatic heterocycles. The van der Waals surface area contributed by atoms with Gasteiger partial charge in [0, 0.05) is 31.0 Å². The third-order valence-corrected chi connectivity index (χ3v) is 2.95. The molecule has 0 aliphatic heterocycles. The van der Waals surface area contributed by atoms with Crippen molar-refractivity contribution in [3.8, 4) is 0 Å². The van der Waals surface area contributed by atoms with E-state index < -0.39 is 18.1 Å². The highest BCUT2D eigenvalue weighted by Crippen LogP contribution is 2.32. The van der Waals surface area contributed by atoms with Crippen molar-refractivity contribution in [3.05, 3.63) is 24.0 Å². The first-order valence-electron chi connectivity index (χ1n) is 6.07. The van der Waals surface area contributed by atoms with Gasteiger partial charge in [0.2, 0.25) is 5.91 Å². The predicted molar refractivity (Wildman–Crippen MR) is 63.4 cm³/mol. The first-order chi connectivity index (χ1) is 8.86. The van der Waals surface area contributed by atoms with E-state index in [2.05, 4.69) is 5.32 Å². The van der Waals surface area contributed by atoms with Crippen molar-refractivity contribution in [2.75, 3.05) is 6.54 Å². The molecule has 1 atom stereocenters. The quantitative estimate of drug-likeness (QED) is 0.855. The molecule has 1 heterocycles. The Labute approximate surface area is 109 Å². The second kappa shape index (κ2) is 5.24. The summed E-state index contributed by atoms with van der Waals surface area (Å²) in [5.41, 5.74) is 0.0368. The summed E-state index contributed by atoms with van der Waals surface area (Å²) in [6.07, 6.45) is 0.329. The van der Waals surface area contributed by atoms with E-state index >= 15 is 0 Å². The van der Waals surface area contributed by atoms with Gasteiger partial charge in [0.1, 0.15) is 0 Å². The summed E-state index contributed by atoms with van der Waals surface area (Å²) < 4.78 is 40.3. The molecule has 1 aliphatic rings. The number of carbonyl (C=O) groups is 1. The van der Waals surface area contributed by atoms with E-state index in [4.69, 9.17) is 0 Å². The molecule has 0 saturated heterocycles. The standard InChI is InChI=1S/C12H16F3N3O/c1-18-5-4-8(7-18)11(12(13,14)15)17-10(19)6-16-9-2-3-9/h4-5,7,9,11,16H,2-3,6H2,1H3,(H,17,19). The smallest absolute Gasteiger partial charge is 0.357 e. The van der Waals surface area contributed by atoms with Crippen molar-refractivity contribution in [3.63, 3.8) is 0 Å². The molecular formula is C12H16F3N3O. The van der Waals surface area contributed by atoms with Gasteiger partial charge in [0.25, 0.3) is 0 Å². The van der Waals surface area contributed by atoms with Gasteiger partial charge in [-0.1, -0.05) is 0 Å². The van der Waals surface area contributed by atoms with Crippen molar-refractivity contribution in [2.24, 2.45) is 7.05 Å². The number of carbonyl (C=O) groups excluding carboxylic acids is 1. The van der Waals surface area contributed by atoms with Crippen molar-refractivity contribution < 1.29 is 18.0 Å². The number of hydrogen-bond acceptors (Lipinski definition) is 2. The summed E-state index contributed by atoms with van der Waals surface area (Å²) in [6.45, 7) is -0.0793. The number of rotatable bonds is 5. The number of aromatic nitrogens is 1. The molecule has 2 rings (SSSR count). The Morgan fingerprint density at radius 2 is 2.21 bits per heavy atom. The van der Waals surface area contributed by atoms with Gasteiger partial charge in [-0.05, 0) is 18.9 Å². The SMILES string of the molecule is Cn1ccc(C(NC(=O)CNC2CC2)C(F)(F)F)c1. The van der Waals surface area contributed by atoms with E-state index in [1.54, 1.807) is 7.05 Å². The Balaban J connectivity index is 1.99. The molecule has 1 aliphatic carbocycles. The highest BCUT2D eigenvalue weighted by Gasteiger charge is 2.42. The highest BCUT2D eigenvalue weighted by atomic mass is 19.4. The van der Waals surface area contributed by atoms with Crippen molar-refractivity contribution >= 4 is 5.91 Å². The summed E-state index contributed by atoms with van der Waals surface area (Å²) in [6, 6.07) is -0.318. The molecule has 1 amide bonds. The first-order valence-corrected chi connectivity index (χ1v) is 6.07. The maximum absolute atomic E-state index is 12.9. The molecule has 1 saturated carbocycles. The van der Waals surface area contributed by atoms with Crippen LogP contribution in [-0.4, -0.2) is 29.2 Å². The molecule has 7 heteroatoms. The third-order valence-electron chi connectivity index (χ3n) is 2.95. The lowest BCUT2D eigenvalue weighted by atomic mass is 10.1. The molecule has 0 aromatic carbocycles. The topological polar surface area (TPSA) is 46.1 Å². The minimum absolute atomic E-state index is 0.0368. The van der Waals surface area contributed by atoms with E-state index in [1.807, 2.05) is 5.32 Å². The summed E-state index contributed by atoms with van der Waals surface area (Å²) in [7, 11) is 1.63. The second-order valence-electron chi connectivity index (χ2n) is 4.81. The number of halogens is 3. The molecular weight excluding hydrogens is 259 g/mol. The zero-order valence-corrected chi connectivity index (χ0v) is 10.5. The van der Waals surface area contributed by atoms with Crippen LogP contribution in [-0.2, 0) is 11.8 Å². The van der Waals surface area contributed by atoms with E-state index in [1.165, 1.54) is 23.0 Å². The Morgan fingerprint density at radius 1 is 1.53 bits per heavy atom. The van der Waals surface area contributed by atoms with Crippen LogP contribution in [0.1, 0.15) is 24.4 Å². The number of nitrogens with zero attached hydrogens (tertiary/aromatic N) is 1. The lowest BCUT2D eigenvalue weighted by molar-refractivity contribution is -0.163. The molecule has 1 aromatic rings. The lowest BCUT2D eigenvalue weighted by Gasteiger charge is -2.21. The number of nitrogens with one attached hydrogen (secondary N) is 2. The summed E-state index contributed by atoms with van der Waals surface area (Å²) in [5, 5.41) is 4.92. The Bertz CT molecular complexity index is 451. The van der Waals surface area contributed by atoms with Crippen LogP contribution in [0.2, 0.25) is 0 Å². The summed E-state index contributed by atoms with van der Waals surface area (Å²) in [4.78, 5) is 11.5. The second-order valence-corrected chi connectivity index (χ2v) is 4.81. The van der Waals surface area contributed by atoms with Gasteiger partial charge in [-0.2, -0.15) is 13.2 Å². The van der Waals surface area contributed by atoms with Crippen LogP contribution < -0.4 is 10.6 Å². The maximum Gasteiger partial charge on any atom is 0.412 e. The Morgan fingerprint density at radius 3 is 2.68 bits per heavy atom. The van der Waals surface area contributed by atoms with Gasteiger partial charge in [-0.25, -0.2) is 0 Å². The predicted octanol–water partition coefficient (Wildman–Crippen LogP) is 1.50. The van der Waals surface area contributed by atoms with Crippen LogP contribution in [0.25, 0.3) is 0 Å². The minimum Gasteiger partial charge on any atom is -0.357 e. The van der Waals surface area contributed by atoms with Crippen molar-refractivity contribution in [2.45, 2.75) is 31.1 Å². The van der Waals surface area contributed by atoms with Crippen molar-refractivity contribution in [1.82, 2.24) is 15.2 Å². The zero-order valence-electron chi connectivity index (χ0n) is 10.5. The average Bonchev–Trinajstić information content (AvgIpc) is 3.04. The van der Waals surface area contributed by atoms with E-state index in [-0.39, 0.29) is 18.2 Å². The van der Waals surface area contributed by atoms with Crippen LogP contribution in [0.3, 0.4) is 0 Å². The fourth-order valence-electron chi connectivity index (χ4n) is 1.79. The molecule has 1 unspecified atom stereocenters. The average molecular weight is 275 g/mol. The molecule has 0 bridgehead atoms.